The average Bonchev–Trinajstić information content (AvgIpc) is 2.46. The van der Waals surface area contributed by atoms with Gasteiger partial charge in [-0.15, -0.1) is 0 Å². The van der Waals surface area contributed by atoms with Crippen LogP contribution in [0.1, 0.15) is 24.0 Å². The molecule has 0 amide bonds. The van der Waals surface area contributed by atoms with Gasteiger partial charge in [0.2, 0.25) is 0 Å². The molecule has 1 atom stereocenters. The molecule has 0 fully saturated rings. The van der Waals surface area contributed by atoms with E-state index in [2.05, 4.69) is 16.6 Å². The summed E-state index contributed by atoms with van der Waals surface area (Å²) in [6.45, 7) is -0.855. The summed E-state index contributed by atoms with van der Waals surface area (Å²) < 4.78 is 28.4. The molecule has 0 aliphatic rings. The highest BCUT2D eigenvalue weighted by molar-refractivity contribution is 5.45. The lowest BCUT2D eigenvalue weighted by atomic mass is 10.0. The molecule has 0 heterocycles. The number of ether oxygens (including phenoxy) is 1. The molecule has 2 N–H and O–H groups in total. The normalized spacial score (nSPS) is 11.6. The first-order valence-electron chi connectivity index (χ1n) is 6.46. The number of halogens is 2. The minimum absolute atomic E-state index is 0.0110. The highest BCUT2D eigenvalue weighted by atomic mass is 19.3. The Hall–Kier alpha value is -2.54. The number of rotatable bonds is 3. The largest absolute Gasteiger partial charge is 0.435 e. The lowest BCUT2D eigenvalue weighted by Crippen LogP contribution is -2.01. The van der Waals surface area contributed by atoms with Crippen LogP contribution in [0.25, 0.3) is 0 Å². The predicted molar refractivity (Wildman–Crippen MR) is 79.2 cm³/mol. The van der Waals surface area contributed by atoms with Gasteiger partial charge in [-0.3, -0.25) is 0 Å². The Balaban J connectivity index is 2.06. The van der Waals surface area contributed by atoms with Gasteiger partial charge >= 0.3 is 6.61 Å². The smallest absolute Gasteiger partial charge is 0.387 e. The Morgan fingerprint density at radius 3 is 2.19 bits per heavy atom. The van der Waals surface area contributed by atoms with Crippen LogP contribution in [0.2, 0.25) is 0 Å². The van der Waals surface area contributed by atoms with Crippen LogP contribution in [-0.4, -0.2) is 6.61 Å². The number of hydrogen-bond donors (Lipinski definition) is 1. The van der Waals surface area contributed by atoms with E-state index < -0.39 is 6.61 Å². The van der Waals surface area contributed by atoms with Crippen LogP contribution in [0.4, 0.5) is 14.5 Å². The quantitative estimate of drug-likeness (QED) is 0.683. The second-order valence-corrected chi connectivity index (χ2v) is 4.56. The Morgan fingerprint density at radius 2 is 1.62 bits per heavy atom. The maximum absolute atomic E-state index is 12.1. The van der Waals surface area contributed by atoms with Gasteiger partial charge in [0, 0.05) is 17.2 Å². The summed E-state index contributed by atoms with van der Waals surface area (Å²) in [5.74, 6) is 6.31. The molecule has 2 aromatic rings. The fourth-order valence-corrected chi connectivity index (χ4v) is 1.78. The Kier molecular flexibility index (Phi) is 4.78. The van der Waals surface area contributed by atoms with Crippen LogP contribution in [0, 0.1) is 11.8 Å². The fraction of sp³-hybridized carbons (Fsp3) is 0.176. The van der Waals surface area contributed by atoms with Crippen molar-refractivity contribution < 1.29 is 13.5 Å². The third kappa shape index (κ3) is 4.50. The first kappa shape index (κ1) is 14.9. The molecule has 21 heavy (non-hydrogen) atoms. The maximum Gasteiger partial charge on any atom is 0.387 e. The van der Waals surface area contributed by atoms with Crippen LogP contribution in [0.5, 0.6) is 5.75 Å². The molecule has 0 aliphatic heterocycles. The third-order valence-corrected chi connectivity index (χ3v) is 2.95. The van der Waals surface area contributed by atoms with Crippen molar-refractivity contribution in [1.82, 2.24) is 0 Å². The fourth-order valence-electron chi connectivity index (χ4n) is 1.78. The van der Waals surface area contributed by atoms with E-state index in [-0.39, 0.29) is 11.7 Å². The summed E-state index contributed by atoms with van der Waals surface area (Å²) in [5.41, 5.74) is 8.13. The van der Waals surface area contributed by atoms with Crippen molar-refractivity contribution in [2.24, 2.45) is 0 Å². The van der Waals surface area contributed by atoms with E-state index in [1.54, 1.807) is 24.3 Å². The molecule has 0 aromatic heterocycles. The van der Waals surface area contributed by atoms with Crippen LogP contribution in [0.15, 0.2) is 48.5 Å². The van der Waals surface area contributed by atoms with E-state index in [0.29, 0.717) is 5.69 Å². The van der Waals surface area contributed by atoms with E-state index in [9.17, 15) is 8.78 Å². The number of alkyl halides is 2. The molecular formula is C17H15F2NO. The zero-order chi connectivity index (χ0) is 15.2. The van der Waals surface area contributed by atoms with Crippen molar-refractivity contribution >= 4 is 5.69 Å². The molecule has 0 bridgehead atoms. The summed E-state index contributed by atoms with van der Waals surface area (Å²) in [6.07, 6.45) is 0. The van der Waals surface area contributed by atoms with Gasteiger partial charge in [0.1, 0.15) is 5.75 Å². The van der Waals surface area contributed by atoms with Gasteiger partial charge in [0.25, 0.3) is 0 Å². The molecule has 0 spiro atoms. The minimum Gasteiger partial charge on any atom is -0.435 e. The molecule has 2 nitrogen and oxygen atoms in total. The van der Waals surface area contributed by atoms with Crippen molar-refractivity contribution in [1.29, 1.82) is 0 Å². The van der Waals surface area contributed by atoms with Gasteiger partial charge in [-0.25, -0.2) is 0 Å². The van der Waals surface area contributed by atoms with Crippen LogP contribution >= 0.6 is 0 Å². The molecule has 0 saturated carbocycles. The number of anilines is 1. The molecule has 0 aliphatic carbocycles. The van der Waals surface area contributed by atoms with E-state index >= 15 is 0 Å². The van der Waals surface area contributed by atoms with Gasteiger partial charge in [-0.05, 0) is 48.9 Å². The van der Waals surface area contributed by atoms with Gasteiger partial charge in [0.15, 0.2) is 0 Å². The molecule has 1 unspecified atom stereocenters. The summed E-state index contributed by atoms with van der Waals surface area (Å²) in [7, 11) is 0. The SMILES string of the molecule is CC(C#Cc1ccc(N)cc1)c1ccc(OC(F)F)cc1. The third-order valence-electron chi connectivity index (χ3n) is 2.95. The average molecular weight is 287 g/mol. The summed E-state index contributed by atoms with van der Waals surface area (Å²) >= 11 is 0. The van der Waals surface area contributed by atoms with Crippen molar-refractivity contribution in [3.8, 4) is 17.6 Å². The molecule has 0 radical (unpaired) electrons. The molecule has 0 saturated heterocycles. The molecular weight excluding hydrogens is 272 g/mol. The minimum atomic E-state index is -2.81. The van der Waals surface area contributed by atoms with E-state index in [4.69, 9.17) is 5.73 Å². The van der Waals surface area contributed by atoms with E-state index in [1.165, 1.54) is 12.1 Å². The summed E-state index contributed by atoms with van der Waals surface area (Å²) in [5, 5.41) is 0. The zero-order valence-corrected chi connectivity index (χ0v) is 11.5. The van der Waals surface area contributed by atoms with E-state index in [1.807, 2.05) is 19.1 Å². The first-order valence-corrected chi connectivity index (χ1v) is 6.46. The van der Waals surface area contributed by atoms with Gasteiger partial charge < -0.3 is 10.5 Å². The van der Waals surface area contributed by atoms with Crippen LogP contribution in [-0.2, 0) is 0 Å². The Morgan fingerprint density at radius 1 is 1.00 bits per heavy atom. The monoisotopic (exact) mass is 287 g/mol. The van der Waals surface area contributed by atoms with Crippen molar-refractivity contribution in [2.45, 2.75) is 19.5 Å². The number of benzene rings is 2. The molecule has 2 rings (SSSR count). The highest BCUT2D eigenvalue weighted by Crippen LogP contribution is 2.20. The van der Waals surface area contributed by atoms with Gasteiger partial charge in [0.05, 0.1) is 0 Å². The predicted octanol–water partition coefficient (Wildman–Crippen LogP) is 4.03. The maximum atomic E-state index is 12.1. The lowest BCUT2D eigenvalue weighted by molar-refractivity contribution is -0.0498. The second-order valence-electron chi connectivity index (χ2n) is 4.56. The number of hydrogen-bond acceptors (Lipinski definition) is 2. The standard InChI is InChI=1S/C17H15F2NO/c1-12(2-3-13-4-8-15(20)9-5-13)14-6-10-16(11-7-14)21-17(18)19/h4-12,17H,20H2,1H3. The number of nitrogens with two attached hydrogens (primary N) is 1. The molecule has 108 valence electrons. The Labute approximate surface area is 122 Å². The molecule has 4 heteroatoms. The van der Waals surface area contributed by atoms with Crippen molar-refractivity contribution in [3.63, 3.8) is 0 Å². The Bertz CT molecular complexity index is 639. The lowest BCUT2D eigenvalue weighted by Gasteiger charge is -2.07. The summed E-state index contributed by atoms with van der Waals surface area (Å²) in [6, 6.07) is 13.8. The van der Waals surface area contributed by atoms with Crippen LogP contribution in [0.3, 0.4) is 0 Å². The van der Waals surface area contributed by atoms with E-state index in [0.717, 1.165) is 11.1 Å². The summed E-state index contributed by atoms with van der Waals surface area (Å²) in [4.78, 5) is 0. The van der Waals surface area contributed by atoms with Crippen LogP contribution < -0.4 is 10.5 Å². The zero-order valence-electron chi connectivity index (χ0n) is 11.5. The van der Waals surface area contributed by atoms with Crippen molar-refractivity contribution in [2.75, 3.05) is 5.73 Å². The highest BCUT2D eigenvalue weighted by Gasteiger charge is 2.05. The first-order chi connectivity index (χ1) is 10.0. The van der Waals surface area contributed by atoms with Gasteiger partial charge in [-0.2, -0.15) is 8.78 Å². The molecule has 2 aromatic carbocycles. The topological polar surface area (TPSA) is 35.2 Å². The number of nitrogen functional groups attached to an aromatic ring is 1. The second kappa shape index (κ2) is 6.76. The van der Waals surface area contributed by atoms with Crippen molar-refractivity contribution in [3.05, 3.63) is 59.7 Å². The van der Waals surface area contributed by atoms with Gasteiger partial charge in [-0.1, -0.05) is 24.0 Å².